The maximum Gasteiger partial charge on any atom is 0.335 e. The first kappa shape index (κ1) is 28.7. The van der Waals surface area contributed by atoms with Gasteiger partial charge in [0.2, 0.25) is 0 Å². The summed E-state index contributed by atoms with van der Waals surface area (Å²) in [5.74, 6) is -0.200. The zero-order chi connectivity index (χ0) is 27.2. The summed E-state index contributed by atoms with van der Waals surface area (Å²) in [6.45, 7) is 0.0627. The number of amides is 1. The normalized spacial score (nSPS) is 11.1. The van der Waals surface area contributed by atoms with E-state index in [1.807, 2.05) is 30.3 Å². The Morgan fingerprint density at radius 2 is 1.71 bits per heavy atom. The molecule has 0 saturated carbocycles. The van der Waals surface area contributed by atoms with Crippen LogP contribution in [0.15, 0.2) is 74.8 Å². The van der Waals surface area contributed by atoms with Gasteiger partial charge in [-0.3, -0.25) is 9.78 Å². The van der Waals surface area contributed by atoms with E-state index >= 15 is 0 Å². The van der Waals surface area contributed by atoms with Gasteiger partial charge in [-0.05, 0) is 109 Å². The number of halogens is 4. The number of hydrazone groups is 1. The molecule has 194 valence electrons. The Hall–Kier alpha value is -2.30. The van der Waals surface area contributed by atoms with Gasteiger partial charge in [0.05, 0.1) is 23.4 Å². The van der Waals surface area contributed by atoms with Crippen LogP contribution in [0.5, 0.6) is 11.5 Å². The molecule has 12 heteroatoms. The number of pyridine rings is 1. The molecular formula is C26H17Br2I2N3O5. The number of nitrogens with one attached hydrogen (secondary N) is 1. The standard InChI is InChI=1S/C26H17Br2I2N3O5/c27-18-10-19(28)24(23-17(18)2-1-7-31-23)38-13-22(34)33-32-11-15-8-20(29)25(21(30)9-15)37-12-14-3-5-16(6-4-14)26(35)36/h1-11H,12-13H2,(H,33,34)(H,35,36)/b32-11+. The number of hydrogen-bond acceptors (Lipinski definition) is 6. The number of hydrogen-bond donors (Lipinski definition) is 2. The molecule has 0 aliphatic rings. The average Bonchev–Trinajstić information content (AvgIpc) is 2.88. The maximum absolute atomic E-state index is 12.3. The van der Waals surface area contributed by atoms with Crippen LogP contribution in [-0.2, 0) is 11.4 Å². The third-order valence-electron chi connectivity index (χ3n) is 5.11. The Morgan fingerprint density at radius 3 is 2.39 bits per heavy atom. The van der Waals surface area contributed by atoms with E-state index in [2.05, 4.69) is 92.6 Å². The van der Waals surface area contributed by atoms with Crippen molar-refractivity contribution in [3.05, 3.63) is 93.6 Å². The molecule has 0 spiro atoms. The Bertz CT molecular complexity index is 1530. The van der Waals surface area contributed by atoms with Gasteiger partial charge in [-0.15, -0.1) is 0 Å². The smallest absolute Gasteiger partial charge is 0.335 e. The highest BCUT2D eigenvalue weighted by molar-refractivity contribution is 14.1. The Morgan fingerprint density at radius 1 is 1.00 bits per heavy atom. The van der Waals surface area contributed by atoms with Crippen LogP contribution >= 0.6 is 77.0 Å². The summed E-state index contributed by atoms with van der Waals surface area (Å²) in [7, 11) is 0. The van der Waals surface area contributed by atoms with E-state index in [1.165, 1.54) is 0 Å². The largest absolute Gasteiger partial charge is 0.487 e. The van der Waals surface area contributed by atoms with Gasteiger partial charge in [0.15, 0.2) is 12.4 Å². The van der Waals surface area contributed by atoms with Crippen molar-refractivity contribution >= 4 is 106 Å². The van der Waals surface area contributed by atoms with Crippen molar-refractivity contribution in [1.82, 2.24) is 10.4 Å². The van der Waals surface area contributed by atoms with Crippen LogP contribution in [0, 0.1) is 7.14 Å². The predicted molar refractivity (Wildman–Crippen MR) is 168 cm³/mol. The van der Waals surface area contributed by atoms with Crippen LogP contribution in [0.1, 0.15) is 21.5 Å². The predicted octanol–water partition coefficient (Wildman–Crippen LogP) is 6.78. The van der Waals surface area contributed by atoms with E-state index in [9.17, 15) is 9.59 Å². The van der Waals surface area contributed by atoms with Crippen molar-refractivity contribution in [1.29, 1.82) is 0 Å². The van der Waals surface area contributed by atoms with Gasteiger partial charge < -0.3 is 14.6 Å². The number of benzene rings is 3. The highest BCUT2D eigenvalue weighted by atomic mass is 127. The summed E-state index contributed by atoms with van der Waals surface area (Å²) in [6, 6.07) is 15.9. The number of aromatic nitrogens is 1. The third-order valence-corrected chi connectivity index (χ3v) is 7.95. The minimum atomic E-state index is -0.967. The molecule has 0 aliphatic carbocycles. The number of nitrogens with zero attached hydrogens (tertiary/aromatic N) is 2. The molecule has 2 N–H and O–H groups in total. The fourth-order valence-electron chi connectivity index (χ4n) is 3.32. The first-order chi connectivity index (χ1) is 18.2. The molecule has 0 radical (unpaired) electrons. The lowest BCUT2D eigenvalue weighted by molar-refractivity contribution is -0.123. The van der Waals surface area contributed by atoms with Crippen LogP contribution < -0.4 is 14.9 Å². The zero-order valence-corrected chi connectivity index (χ0v) is 26.7. The van der Waals surface area contributed by atoms with Gasteiger partial charge >= 0.3 is 5.97 Å². The van der Waals surface area contributed by atoms with Crippen LogP contribution in [-0.4, -0.2) is 34.8 Å². The number of carboxylic acid groups (broad SMARTS) is 1. The first-order valence-corrected chi connectivity index (χ1v) is 14.6. The summed E-state index contributed by atoms with van der Waals surface area (Å²) >= 11 is 11.3. The van der Waals surface area contributed by atoms with Crippen LogP contribution in [0.3, 0.4) is 0 Å². The molecule has 1 heterocycles. The van der Waals surface area contributed by atoms with E-state index < -0.39 is 11.9 Å². The molecule has 0 unspecified atom stereocenters. The van der Waals surface area contributed by atoms with E-state index in [0.29, 0.717) is 28.1 Å². The van der Waals surface area contributed by atoms with Gasteiger partial charge in [-0.1, -0.05) is 34.1 Å². The lowest BCUT2D eigenvalue weighted by Crippen LogP contribution is -2.24. The molecule has 1 aromatic heterocycles. The second-order valence-corrected chi connectivity index (χ2v) is 11.8. The van der Waals surface area contributed by atoms with Gasteiger partial charge in [-0.25, -0.2) is 10.2 Å². The number of aromatic carboxylic acids is 1. The van der Waals surface area contributed by atoms with Crippen molar-refractivity contribution in [3.63, 3.8) is 0 Å². The maximum atomic E-state index is 12.3. The van der Waals surface area contributed by atoms with E-state index in [4.69, 9.17) is 14.6 Å². The average molecular weight is 865 g/mol. The Balaban J connectivity index is 1.34. The molecule has 0 bridgehead atoms. The summed E-state index contributed by atoms with van der Waals surface area (Å²) in [4.78, 5) is 27.7. The molecule has 0 aliphatic heterocycles. The molecule has 3 aromatic carbocycles. The van der Waals surface area contributed by atoms with Crippen LogP contribution in [0.2, 0.25) is 0 Å². The van der Waals surface area contributed by atoms with Gasteiger partial charge in [-0.2, -0.15) is 5.10 Å². The summed E-state index contributed by atoms with van der Waals surface area (Å²) in [5, 5.41) is 13.9. The van der Waals surface area contributed by atoms with Crippen molar-refractivity contribution in [3.8, 4) is 11.5 Å². The van der Waals surface area contributed by atoms with Gasteiger partial charge in [0.1, 0.15) is 17.9 Å². The molecule has 0 atom stereocenters. The quantitative estimate of drug-likeness (QED) is 0.109. The number of rotatable bonds is 9. The molecule has 4 rings (SSSR count). The van der Waals surface area contributed by atoms with Gasteiger partial charge in [0, 0.05) is 16.1 Å². The van der Waals surface area contributed by atoms with E-state index in [1.54, 1.807) is 36.7 Å². The minimum absolute atomic E-state index is 0.229. The van der Waals surface area contributed by atoms with Crippen molar-refractivity contribution in [2.75, 3.05) is 6.61 Å². The summed E-state index contributed by atoms with van der Waals surface area (Å²) in [6.07, 6.45) is 3.21. The number of fused-ring (bicyclic) bond motifs is 1. The highest BCUT2D eigenvalue weighted by Crippen LogP contribution is 2.37. The first-order valence-electron chi connectivity index (χ1n) is 10.8. The lowest BCUT2D eigenvalue weighted by Gasteiger charge is -2.12. The highest BCUT2D eigenvalue weighted by Gasteiger charge is 2.14. The van der Waals surface area contributed by atoms with Crippen LogP contribution in [0.25, 0.3) is 10.9 Å². The topological polar surface area (TPSA) is 110 Å². The molecule has 0 fully saturated rings. The van der Waals surface area contributed by atoms with E-state index in [0.717, 1.165) is 28.1 Å². The van der Waals surface area contributed by atoms with E-state index in [-0.39, 0.29) is 12.2 Å². The number of carbonyl (C=O) groups is 2. The monoisotopic (exact) mass is 863 g/mol. The molecular weight excluding hydrogens is 848 g/mol. The number of ether oxygens (including phenoxy) is 2. The molecule has 4 aromatic rings. The fraction of sp³-hybridized carbons (Fsp3) is 0.0769. The van der Waals surface area contributed by atoms with Crippen molar-refractivity contribution in [2.24, 2.45) is 5.10 Å². The third kappa shape index (κ3) is 7.21. The SMILES string of the molecule is O=C(COc1c(Br)cc(Br)c2cccnc12)N/N=C/c1cc(I)c(OCc2ccc(C(=O)O)cc2)c(I)c1. The molecule has 0 saturated heterocycles. The zero-order valence-electron chi connectivity index (χ0n) is 19.3. The molecule has 8 nitrogen and oxygen atoms in total. The van der Waals surface area contributed by atoms with Crippen molar-refractivity contribution in [2.45, 2.75) is 6.61 Å². The summed E-state index contributed by atoms with van der Waals surface area (Å²) in [5.41, 5.74) is 4.98. The second-order valence-electron chi connectivity index (χ2n) is 7.76. The number of carboxylic acids is 1. The molecule has 1 amide bonds. The second kappa shape index (κ2) is 13.2. The van der Waals surface area contributed by atoms with Gasteiger partial charge in [0.25, 0.3) is 5.91 Å². The Labute approximate surface area is 261 Å². The fourth-order valence-corrected chi connectivity index (χ4v) is 6.84. The molecule has 38 heavy (non-hydrogen) atoms. The lowest BCUT2D eigenvalue weighted by atomic mass is 10.1. The number of carbonyl (C=O) groups excluding carboxylic acids is 1. The van der Waals surface area contributed by atoms with Crippen LogP contribution in [0.4, 0.5) is 0 Å². The minimum Gasteiger partial charge on any atom is -0.487 e. The van der Waals surface area contributed by atoms with Crippen molar-refractivity contribution < 1.29 is 24.2 Å². The summed E-state index contributed by atoms with van der Waals surface area (Å²) < 4.78 is 15.0. The Kier molecular flexibility index (Phi) is 9.95.